The molecule has 0 unspecified atom stereocenters. The summed E-state index contributed by atoms with van der Waals surface area (Å²) in [5.74, 6) is -0.603. The fourth-order valence-electron chi connectivity index (χ4n) is 3.64. The molecule has 0 radical (unpaired) electrons. The Bertz CT molecular complexity index is 1110. The highest BCUT2D eigenvalue weighted by atomic mass is 32.2. The van der Waals surface area contributed by atoms with Crippen LogP contribution in [0.15, 0.2) is 52.3 Å². The summed E-state index contributed by atoms with van der Waals surface area (Å²) >= 11 is 1.42. The molecule has 1 aliphatic heterocycles. The molecule has 9 heteroatoms. The second-order valence-corrected chi connectivity index (χ2v) is 10.9. The molecule has 33 heavy (non-hydrogen) atoms. The first-order valence-electron chi connectivity index (χ1n) is 11.1. The molecule has 0 bridgehead atoms. The average molecular weight is 490 g/mol. The minimum absolute atomic E-state index is 0.0105. The van der Waals surface area contributed by atoms with Gasteiger partial charge in [-0.15, -0.1) is 11.8 Å². The molecule has 1 aliphatic rings. The van der Waals surface area contributed by atoms with E-state index in [9.17, 15) is 18.0 Å². The van der Waals surface area contributed by atoms with Crippen LogP contribution in [-0.4, -0.2) is 44.5 Å². The van der Waals surface area contributed by atoms with Crippen LogP contribution in [0.25, 0.3) is 0 Å². The summed E-state index contributed by atoms with van der Waals surface area (Å²) in [4.78, 5) is 27.9. The Morgan fingerprint density at radius 3 is 2.27 bits per heavy atom. The SMILES string of the molecule is CSc1ccc(S(=O)(=O)Nc2ccccc2C(=O)N2CCCCCC2)cc1NC(=O)C(C)C. The number of thioether (sulfide) groups is 1. The molecule has 1 fully saturated rings. The quantitative estimate of drug-likeness (QED) is 0.544. The number of rotatable bonds is 7. The highest BCUT2D eigenvalue weighted by Gasteiger charge is 2.23. The lowest BCUT2D eigenvalue weighted by atomic mass is 10.1. The van der Waals surface area contributed by atoms with Crippen LogP contribution in [-0.2, 0) is 14.8 Å². The van der Waals surface area contributed by atoms with Gasteiger partial charge in [0.2, 0.25) is 5.91 Å². The highest BCUT2D eigenvalue weighted by Crippen LogP contribution is 2.30. The number of benzene rings is 2. The molecule has 178 valence electrons. The third kappa shape index (κ3) is 6.29. The Kier molecular flexibility index (Phi) is 8.42. The van der Waals surface area contributed by atoms with Gasteiger partial charge in [-0.1, -0.05) is 38.8 Å². The number of sulfonamides is 1. The van der Waals surface area contributed by atoms with Gasteiger partial charge in [0, 0.05) is 23.9 Å². The summed E-state index contributed by atoms with van der Waals surface area (Å²) < 4.78 is 29.0. The van der Waals surface area contributed by atoms with Crippen molar-refractivity contribution in [2.24, 2.45) is 5.92 Å². The van der Waals surface area contributed by atoms with Crippen LogP contribution in [0.1, 0.15) is 49.9 Å². The maximum absolute atomic E-state index is 13.2. The van der Waals surface area contributed by atoms with Gasteiger partial charge in [0.25, 0.3) is 15.9 Å². The van der Waals surface area contributed by atoms with E-state index in [0.717, 1.165) is 30.6 Å². The molecule has 0 spiro atoms. The fourth-order valence-corrected chi connectivity index (χ4v) is 5.27. The van der Waals surface area contributed by atoms with Gasteiger partial charge in [0.05, 0.1) is 21.8 Å². The second kappa shape index (κ2) is 11.1. The number of hydrogen-bond acceptors (Lipinski definition) is 5. The van der Waals surface area contributed by atoms with E-state index in [-0.39, 0.29) is 28.3 Å². The summed E-state index contributed by atoms with van der Waals surface area (Å²) in [5, 5.41) is 2.80. The molecule has 2 aromatic carbocycles. The number of amides is 2. The molecule has 2 aromatic rings. The van der Waals surface area contributed by atoms with E-state index in [0.29, 0.717) is 24.3 Å². The topological polar surface area (TPSA) is 95.6 Å². The number of nitrogens with one attached hydrogen (secondary N) is 2. The predicted molar refractivity (Wildman–Crippen MR) is 133 cm³/mol. The van der Waals surface area contributed by atoms with Crippen molar-refractivity contribution in [2.45, 2.75) is 49.3 Å². The van der Waals surface area contributed by atoms with Crippen LogP contribution < -0.4 is 10.0 Å². The summed E-state index contributed by atoms with van der Waals surface area (Å²) in [6, 6.07) is 11.3. The van der Waals surface area contributed by atoms with Gasteiger partial charge in [0.1, 0.15) is 0 Å². The molecule has 0 atom stereocenters. The van der Waals surface area contributed by atoms with E-state index in [4.69, 9.17) is 0 Å². The van der Waals surface area contributed by atoms with Crippen LogP contribution in [0.4, 0.5) is 11.4 Å². The number of carbonyl (C=O) groups excluding carboxylic acids is 2. The minimum atomic E-state index is -3.99. The zero-order valence-electron chi connectivity index (χ0n) is 19.3. The number of hydrogen-bond donors (Lipinski definition) is 2. The average Bonchev–Trinajstić information content (AvgIpc) is 3.08. The number of likely N-dealkylation sites (tertiary alicyclic amines) is 1. The molecule has 1 saturated heterocycles. The van der Waals surface area contributed by atoms with Crippen molar-refractivity contribution in [1.29, 1.82) is 0 Å². The van der Waals surface area contributed by atoms with Crippen molar-refractivity contribution in [2.75, 3.05) is 29.4 Å². The summed E-state index contributed by atoms with van der Waals surface area (Å²) in [6.45, 7) is 4.90. The van der Waals surface area contributed by atoms with E-state index >= 15 is 0 Å². The van der Waals surface area contributed by atoms with Crippen LogP contribution in [0.5, 0.6) is 0 Å². The smallest absolute Gasteiger partial charge is 0.261 e. The Balaban J connectivity index is 1.89. The lowest BCUT2D eigenvalue weighted by Crippen LogP contribution is -2.32. The fraction of sp³-hybridized carbons (Fsp3) is 0.417. The lowest BCUT2D eigenvalue weighted by molar-refractivity contribution is -0.118. The van der Waals surface area contributed by atoms with Crippen molar-refractivity contribution >= 4 is 45.0 Å². The third-order valence-electron chi connectivity index (χ3n) is 5.56. The normalized spacial score (nSPS) is 14.6. The molecule has 3 rings (SSSR count). The molecular formula is C24H31N3O4S2. The predicted octanol–water partition coefficient (Wildman–Crippen LogP) is 4.82. The molecule has 2 amide bonds. The van der Waals surface area contributed by atoms with Gasteiger partial charge in [-0.25, -0.2) is 8.42 Å². The summed E-state index contributed by atoms with van der Waals surface area (Å²) in [5.41, 5.74) is 1.02. The van der Waals surface area contributed by atoms with Gasteiger partial charge in [-0.05, 0) is 49.4 Å². The first-order valence-corrected chi connectivity index (χ1v) is 13.8. The van der Waals surface area contributed by atoms with E-state index in [1.165, 1.54) is 23.9 Å². The van der Waals surface area contributed by atoms with Crippen molar-refractivity contribution in [3.63, 3.8) is 0 Å². The molecule has 0 saturated carbocycles. The number of para-hydroxylation sites is 1. The largest absolute Gasteiger partial charge is 0.339 e. The monoisotopic (exact) mass is 489 g/mol. The van der Waals surface area contributed by atoms with Crippen LogP contribution in [0, 0.1) is 5.92 Å². The number of anilines is 2. The zero-order valence-corrected chi connectivity index (χ0v) is 20.9. The number of nitrogens with zero attached hydrogens (tertiary/aromatic N) is 1. The molecule has 0 aliphatic carbocycles. The highest BCUT2D eigenvalue weighted by molar-refractivity contribution is 7.98. The van der Waals surface area contributed by atoms with E-state index in [1.54, 1.807) is 49.1 Å². The number of carbonyl (C=O) groups is 2. The van der Waals surface area contributed by atoms with Gasteiger partial charge in [0.15, 0.2) is 0 Å². The van der Waals surface area contributed by atoms with Crippen molar-refractivity contribution < 1.29 is 18.0 Å². The Morgan fingerprint density at radius 1 is 0.970 bits per heavy atom. The molecule has 1 heterocycles. The van der Waals surface area contributed by atoms with Crippen LogP contribution in [0.3, 0.4) is 0 Å². The first kappa shape index (κ1) is 25.1. The molecule has 0 aromatic heterocycles. The van der Waals surface area contributed by atoms with Crippen molar-refractivity contribution in [3.8, 4) is 0 Å². The van der Waals surface area contributed by atoms with Gasteiger partial charge < -0.3 is 10.2 Å². The lowest BCUT2D eigenvalue weighted by Gasteiger charge is -2.22. The van der Waals surface area contributed by atoms with Gasteiger partial charge >= 0.3 is 0 Å². The van der Waals surface area contributed by atoms with Crippen LogP contribution in [0.2, 0.25) is 0 Å². The second-order valence-electron chi connectivity index (χ2n) is 8.36. The molecule has 2 N–H and O–H groups in total. The third-order valence-corrected chi connectivity index (χ3v) is 7.72. The molecular weight excluding hydrogens is 458 g/mol. The van der Waals surface area contributed by atoms with Crippen molar-refractivity contribution in [1.82, 2.24) is 4.90 Å². The minimum Gasteiger partial charge on any atom is -0.339 e. The Morgan fingerprint density at radius 2 is 1.64 bits per heavy atom. The summed E-state index contributed by atoms with van der Waals surface area (Å²) in [7, 11) is -3.99. The van der Waals surface area contributed by atoms with Gasteiger partial charge in [-0.3, -0.25) is 14.3 Å². The van der Waals surface area contributed by atoms with E-state index < -0.39 is 10.0 Å². The maximum Gasteiger partial charge on any atom is 0.261 e. The molecule has 7 nitrogen and oxygen atoms in total. The standard InChI is InChI=1S/C24H31N3O4S2/c1-17(2)23(28)25-21-16-18(12-13-22(21)32-3)33(30,31)26-20-11-7-6-10-19(20)24(29)27-14-8-4-5-9-15-27/h6-7,10-13,16-17,26H,4-5,8-9,14-15H2,1-3H3,(H,25,28). The maximum atomic E-state index is 13.2. The Labute approximate surface area is 200 Å². The van der Waals surface area contributed by atoms with Crippen LogP contribution >= 0.6 is 11.8 Å². The van der Waals surface area contributed by atoms with Gasteiger partial charge in [-0.2, -0.15) is 0 Å². The van der Waals surface area contributed by atoms with Crippen molar-refractivity contribution in [3.05, 3.63) is 48.0 Å². The van der Waals surface area contributed by atoms with E-state index in [2.05, 4.69) is 10.0 Å². The Hall–Kier alpha value is -2.52. The van der Waals surface area contributed by atoms with E-state index in [1.807, 2.05) is 6.26 Å². The zero-order chi connectivity index (χ0) is 24.0. The first-order chi connectivity index (χ1) is 15.7. The summed E-state index contributed by atoms with van der Waals surface area (Å²) in [6.07, 6.45) is 5.95.